The van der Waals surface area contributed by atoms with Gasteiger partial charge in [0.1, 0.15) is 17.1 Å². The highest BCUT2D eigenvalue weighted by Crippen LogP contribution is 2.42. The Morgan fingerprint density at radius 1 is 0.955 bits per heavy atom. The Labute approximate surface area is 267 Å². The number of ether oxygens (including phenoxy) is 1. The molecule has 3 aromatic carbocycles. The maximum atomic E-state index is 13.8. The molecule has 44 heavy (non-hydrogen) atoms. The number of fused-ring (bicyclic) bond motifs is 1. The summed E-state index contributed by atoms with van der Waals surface area (Å²) in [6.45, 7) is 3.83. The van der Waals surface area contributed by atoms with Crippen LogP contribution in [-0.2, 0) is 28.8 Å². The molecule has 0 aromatic heterocycles. The SMILES string of the molecule is C=CC1=C(C(=O)OC(c2ccccc2)c2ccccc2)N2C(=O)[C@@H](NC(=O)C(=NOC(=O)C(Cl)Cl)c3ccccc3)[C@@H]2SC1. The van der Waals surface area contributed by atoms with Crippen molar-refractivity contribution < 1.29 is 28.8 Å². The Hall–Kier alpha value is -4.38. The Morgan fingerprint density at radius 3 is 2.07 bits per heavy atom. The first-order valence-electron chi connectivity index (χ1n) is 13.3. The number of esters is 1. The normalized spacial score (nSPS) is 18.0. The van der Waals surface area contributed by atoms with E-state index in [2.05, 4.69) is 17.1 Å². The number of hydrogen-bond donors (Lipinski definition) is 1. The first kappa shape index (κ1) is 31.1. The van der Waals surface area contributed by atoms with Crippen molar-refractivity contribution in [1.82, 2.24) is 10.2 Å². The molecule has 9 nitrogen and oxygen atoms in total. The minimum absolute atomic E-state index is 0.0669. The summed E-state index contributed by atoms with van der Waals surface area (Å²) in [6, 6.07) is 25.8. The van der Waals surface area contributed by atoms with Crippen LogP contribution in [-0.4, -0.2) is 56.4 Å². The fourth-order valence-electron chi connectivity index (χ4n) is 4.70. The summed E-state index contributed by atoms with van der Waals surface area (Å²) >= 11 is 12.4. The van der Waals surface area contributed by atoms with Gasteiger partial charge in [-0.25, -0.2) is 9.59 Å². The molecular formula is C32H25Cl2N3O6S. The first-order chi connectivity index (χ1) is 21.3. The van der Waals surface area contributed by atoms with E-state index in [9.17, 15) is 19.2 Å². The van der Waals surface area contributed by atoms with Gasteiger partial charge in [0, 0.05) is 11.3 Å². The third-order valence-corrected chi connectivity index (χ3v) is 8.48. The van der Waals surface area contributed by atoms with E-state index in [0.717, 1.165) is 11.1 Å². The van der Waals surface area contributed by atoms with Crippen LogP contribution in [0.5, 0.6) is 0 Å². The van der Waals surface area contributed by atoms with Crippen molar-refractivity contribution in [3.63, 3.8) is 0 Å². The fourth-order valence-corrected chi connectivity index (χ4v) is 6.12. The summed E-state index contributed by atoms with van der Waals surface area (Å²) in [5.41, 5.74) is 2.18. The van der Waals surface area contributed by atoms with E-state index >= 15 is 0 Å². The number of β-lactam (4-membered cyclic amide) rings is 1. The van der Waals surface area contributed by atoms with Crippen LogP contribution in [0.2, 0.25) is 0 Å². The summed E-state index contributed by atoms with van der Waals surface area (Å²) in [7, 11) is 0. The summed E-state index contributed by atoms with van der Waals surface area (Å²) in [5, 5.41) is 5.72. The van der Waals surface area contributed by atoms with Crippen molar-refractivity contribution >= 4 is 64.4 Å². The van der Waals surface area contributed by atoms with Crippen LogP contribution in [0.1, 0.15) is 22.8 Å². The molecule has 0 unspecified atom stereocenters. The molecule has 3 aromatic rings. The zero-order valence-electron chi connectivity index (χ0n) is 23.0. The number of nitrogens with zero attached hydrogens (tertiary/aromatic N) is 2. The average molecular weight is 651 g/mol. The Balaban J connectivity index is 1.37. The third-order valence-electron chi connectivity index (χ3n) is 6.82. The van der Waals surface area contributed by atoms with Crippen molar-refractivity contribution in [2.45, 2.75) is 22.4 Å². The molecule has 224 valence electrons. The highest BCUT2D eigenvalue weighted by Gasteiger charge is 2.54. The molecule has 1 saturated heterocycles. The molecule has 0 radical (unpaired) electrons. The van der Waals surface area contributed by atoms with E-state index in [-0.39, 0.29) is 11.4 Å². The van der Waals surface area contributed by atoms with E-state index in [0.29, 0.717) is 16.9 Å². The van der Waals surface area contributed by atoms with Gasteiger partial charge >= 0.3 is 11.9 Å². The molecule has 5 rings (SSSR count). The van der Waals surface area contributed by atoms with Gasteiger partial charge in [-0.3, -0.25) is 14.5 Å². The largest absolute Gasteiger partial charge is 0.448 e. The summed E-state index contributed by atoms with van der Waals surface area (Å²) in [4.78, 5) is 57.0. The Morgan fingerprint density at radius 2 is 1.52 bits per heavy atom. The average Bonchev–Trinajstić information content (AvgIpc) is 3.06. The highest BCUT2D eigenvalue weighted by atomic mass is 35.5. The number of carbonyl (C=O) groups is 4. The zero-order chi connectivity index (χ0) is 31.2. The van der Waals surface area contributed by atoms with Gasteiger partial charge in [0.15, 0.2) is 11.8 Å². The van der Waals surface area contributed by atoms with Crippen molar-refractivity contribution in [2.75, 3.05) is 5.75 Å². The number of carbonyl (C=O) groups excluding carboxylic acids is 4. The second-order valence-electron chi connectivity index (χ2n) is 9.56. The molecule has 2 aliphatic rings. The summed E-state index contributed by atoms with van der Waals surface area (Å²) in [5.74, 6) is -2.72. The Bertz CT molecular complexity index is 1590. The first-order valence-corrected chi connectivity index (χ1v) is 15.3. The number of alkyl halides is 2. The lowest BCUT2D eigenvalue weighted by Crippen LogP contribution is -2.71. The molecule has 0 spiro atoms. The van der Waals surface area contributed by atoms with Gasteiger partial charge in [-0.1, -0.05) is 132 Å². The second-order valence-corrected chi connectivity index (χ2v) is 11.8. The molecule has 2 aliphatic heterocycles. The van der Waals surface area contributed by atoms with Crippen LogP contribution in [0.4, 0.5) is 0 Å². The van der Waals surface area contributed by atoms with E-state index < -0.39 is 46.1 Å². The molecular weight excluding hydrogens is 625 g/mol. The number of rotatable bonds is 10. The van der Waals surface area contributed by atoms with Gasteiger partial charge in [0.2, 0.25) is 4.84 Å². The maximum Gasteiger partial charge on any atom is 0.367 e. The lowest BCUT2D eigenvalue weighted by Gasteiger charge is -2.49. The van der Waals surface area contributed by atoms with E-state index in [4.69, 9.17) is 32.8 Å². The predicted molar refractivity (Wildman–Crippen MR) is 168 cm³/mol. The zero-order valence-corrected chi connectivity index (χ0v) is 25.3. The monoisotopic (exact) mass is 649 g/mol. The minimum atomic E-state index is -1.51. The van der Waals surface area contributed by atoms with Gasteiger partial charge in [-0.2, -0.15) is 0 Å². The van der Waals surface area contributed by atoms with Crippen LogP contribution in [0, 0.1) is 0 Å². The topological polar surface area (TPSA) is 114 Å². The number of benzene rings is 3. The number of oxime groups is 1. The fraction of sp³-hybridized carbons (Fsp3) is 0.156. The number of amides is 2. The van der Waals surface area contributed by atoms with Crippen LogP contribution in [0.15, 0.2) is 120 Å². The number of hydrogen-bond acceptors (Lipinski definition) is 8. The quantitative estimate of drug-likeness (QED) is 0.0829. The Kier molecular flexibility index (Phi) is 9.84. The van der Waals surface area contributed by atoms with E-state index in [1.54, 1.807) is 30.3 Å². The van der Waals surface area contributed by atoms with Crippen molar-refractivity contribution in [3.8, 4) is 0 Å². The number of halogens is 2. The number of allylic oxidation sites excluding steroid dienone is 1. The van der Waals surface area contributed by atoms with Crippen molar-refractivity contribution in [2.24, 2.45) is 5.16 Å². The minimum Gasteiger partial charge on any atom is -0.448 e. The van der Waals surface area contributed by atoms with Crippen LogP contribution < -0.4 is 5.32 Å². The highest BCUT2D eigenvalue weighted by molar-refractivity contribution is 8.00. The molecule has 12 heteroatoms. The molecule has 2 amide bonds. The molecule has 1 fully saturated rings. The lowest BCUT2D eigenvalue weighted by atomic mass is 10.00. The van der Waals surface area contributed by atoms with Crippen LogP contribution in [0.3, 0.4) is 0 Å². The van der Waals surface area contributed by atoms with Gasteiger partial charge in [0.05, 0.1) is 0 Å². The molecule has 0 aliphatic carbocycles. The van der Waals surface area contributed by atoms with Gasteiger partial charge in [0.25, 0.3) is 11.8 Å². The smallest absolute Gasteiger partial charge is 0.367 e. The van der Waals surface area contributed by atoms with Crippen molar-refractivity contribution in [1.29, 1.82) is 0 Å². The molecule has 1 N–H and O–H groups in total. The van der Waals surface area contributed by atoms with Crippen LogP contribution in [0.25, 0.3) is 0 Å². The van der Waals surface area contributed by atoms with Crippen molar-refractivity contribution in [3.05, 3.63) is 132 Å². The molecule has 0 bridgehead atoms. The maximum absolute atomic E-state index is 13.8. The van der Waals surface area contributed by atoms with E-state index in [1.807, 2.05) is 60.7 Å². The lowest BCUT2D eigenvalue weighted by molar-refractivity contribution is -0.154. The van der Waals surface area contributed by atoms with Crippen LogP contribution >= 0.6 is 35.0 Å². The summed E-state index contributed by atoms with van der Waals surface area (Å²) in [6.07, 6.45) is 0.797. The van der Waals surface area contributed by atoms with E-state index in [1.165, 1.54) is 22.7 Å². The number of thioether (sulfide) groups is 1. The molecule has 2 atom stereocenters. The van der Waals surface area contributed by atoms with Gasteiger partial charge < -0.3 is 14.9 Å². The predicted octanol–water partition coefficient (Wildman–Crippen LogP) is 4.91. The summed E-state index contributed by atoms with van der Waals surface area (Å²) < 4.78 is 6.06. The second kappa shape index (κ2) is 13.9. The van der Waals surface area contributed by atoms with Gasteiger partial charge in [-0.05, 0) is 16.7 Å². The standard InChI is InChI=1S/C32H25Cl2N3O6S/c1-2-19-18-44-30-24(35-28(38)23(20-12-6-3-7-13-20)36-43-32(41)27(33)34)29(39)37(30)25(19)31(40)42-26(21-14-8-4-9-15-21)22-16-10-5-11-17-22/h2-17,24,26-27,30H,1,18H2,(H,35,38)/t24-,30+/m1/s1. The molecule has 2 heterocycles. The van der Waals surface area contributed by atoms with Gasteiger partial charge in [-0.15, -0.1) is 11.8 Å². The third kappa shape index (κ3) is 6.57. The number of nitrogens with one attached hydrogen (secondary N) is 1. The molecule has 0 saturated carbocycles.